The lowest BCUT2D eigenvalue weighted by atomic mass is 9.91. The standard InChI is InChI=1S/C28H33N7O2/c1-28(2,3)37-27(36)33-24-9-6-10-25(12-24)35-18-23(16-32-35)21-13-29-26(30-14-21)20-8-5-7-19(11-20)22-15-31-34(4)17-22/h5,7-8,11,13-18,24-25H,6,9-10,12H2,1-4H3,(H,33,36). The molecule has 0 bridgehead atoms. The van der Waals surface area contributed by atoms with E-state index in [0.29, 0.717) is 5.82 Å². The zero-order valence-corrected chi connectivity index (χ0v) is 21.8. The van der Waals surface area contributed by atoms with Crippen LogP contribution in [0, 0.1) is 0 Å². The Morgan fingerprint density at radius 2 is 1.68 bits per heavy atom. The van der Waals surface area contributed by atoms with Crippen molar-refractivity contribution in [1.82, 2.24) is 34.8 Å². The molecule has 5 rings (SSSR count). The number of carbonyl (C=O) groups is 1. The number of nitrogens with zero attached hydrogens (tertiary/aromatic N) is 6. The minimum absolute atomic E-state index is 0.0753. The van der Waals surface area contributed by atoms with Crippen LogP contribution in [0.25, 0.3) is 33.6 Å². The molecule has 0 aliphatic heterocycles. The molecule has 1 aliphatic carbocycles. The molecule has 192 valence electrons. The zero-order chi connectivity index (χ0) is 26.0. The summed E-state index contributed by atoms with van der Waals surface area (Å²) < 4.78 is 9.22. The van der Waals surface area contributed by atoms with Crippen molar-refractivity contribution in [2.24, 2.45) is 7.05 Å². The van der Waals surface area contributed by atoms with Gasteiger partial charge in [0.05, 0.1) is 18.4 Å². The molecule has 3 aromatic heterocycles. The van der Waals surface area contributed by atoms with Gasteiger partial charge in [0.15, 0.2) is 5.82 Å². The highest BCUT2D eigenvalue weighted by molar-refractivity contribution is 5.70. The number of ether oxygens (including phenoxy) is 1. The maximum Gasteiger partial charge on any atom is 0.407 e. The molecule has 4 aromatic rings. The number of nitrogens with one attached hydrogen (secondary N) is 1. The van der Waals surface area contributed by atoms with E-state index >= 15 is 0 Å². The Kier molecular flexibility index (Phi) is 6.78. The van der Waals surface area contributed by atoms with E-state index in [1.165, 1.54) is 0 Å². The maximum absolute atomic E-state index is 12.2. The number of benzene rings is 1. The summed E-state index contributed by atoms with van der Waals surface area (Å²) in [6, 6.07) is 8.45. The highest BCUT2D eigenvalue weighted by Crippen LogP contribution is 2.30. The third-order valence-corrected chi connectivity index (χ3v) is 6.49. The molecule has 9 nitrogen and oxygen atoms in total. The molecule has 2 unspecified atom stereocenters. The lowest BCUT2D eigenvalue weighted by Gasteiger charge is -2.30. The number of hydrogen-bond acceptors (Lipinski definition) is 6. The predicted molar refractivity (Wildman–Crippen MR) is 142 cm³/mol. The lowest BCUT2D eigenvalue weighted by molar-refractivity contribution is 0.0484. The molecule has 1 fully saturated rings. The van der Waals surface area contributed by atoms with Crippen LogP contribution in [-0.4, -0.2) is 47.3 Å². The molecule has 1 aromatic carbocycles. The summed E-state index contributed by atoms with van der Waals surface area (Å²) in [5.74, 6) is 0.672. The van der Waals surface area contributed by atoms with Crippen molar-refractivity contribution in [2.75, 3.05) is 0 Å². The number of hydrogen-bond donors (Lipinski definition) is 1. The Hall–Kier alpha value is -4.01. The van der Waals surface area contributed by atoms with Gasteiger partial charge in [0.25, 0.3) is 0 Å². The Bertz CT molecular complexity index is 1370. The summed E-state index contributed by atoms with van der Waals surface area (Å²) in [6.45, 7) is 5.62. The zero-order valence-electron chi connectivity index (χ0n) is 21.8. The van der Waals surface area contributed by atoms with Crippen LogP contribution >= 0.6 is 0 Å². The van der Waals surface area contributed by atoms with Crippen molar-refractivity contribution in [3.8, 4) is 33.6 Å². The van der Waals surface area contributed by atoms with Gasteiger partial charge in [0.1, 0.15) is 5.60 Å². The Labute approximate surface area is 216 Å². The second-order valence-electron chi connectivity index (χ2n) is 10.7. The van der Waals surface area contributed by atoms with E-state index < -0.39 is 5.60 Å². The van der Waals surface area contributed by atoms with Crippen LogP contribution in [-0.2, 0) is 11.8 Å². The molecule has 37 heavy (non-hydrogen) atoms. The van der Waals surface area contributed by atoms with Gasteiger partial charge in [-0.1, -0.05) is 18.2 Å². The van der Waals surface area contributed by atoms with Crippen LogP contribution in [0.5, 0.6) is 0 Å². The van der Waals surface area contributed by atoms with Crippen molar-refractivity contribution in [3.63, 3.8) is 0 Å². The number of rotatable bonds is 5. The van der Waals surface area contributed by atoms with E-state index in [4.69, 9.17) is 4.74 Å². The molecule has 1 N–H and O–H groups in total. The van der Waals surface area contributed by atoms with Gasteiger partial charge < -0.3 is 10.1 Å². The quantitative estimate of drug-likeness (QED) is 0.394. The van der Waals surface area contributed by atoms with Crippen LogP contribution in [0.4, 0.5) is 4.79 Å². The Morgan fingerprint density at radius 1 is 0.946 bits per heavy atom. The molecular formula is C28H33N7O2. The van der Waals surface area contributed by atoms with Gasteiger partial charge in [0.2, 0.25) is 0 Å². The fraction of sp³-hybridized carbons (Fsp3) is 0.393. The molecule has 2 atom stereocenters. The van der Waals surface area contributed by atoms with Crippen LogP contribution in [0.15, 0.2) is 61.4 Å². The van der Waals surface area contributed by atoms with Crippen molar-refractivity contribution in [1.29, 1.82) is 0 Å². The number of amides is 1. The summed E-state index contributed by atoms with van der Waals surface area (Å²) in [5.41, 5.74) is 4.46. The number of aryl methyl sites for hydroxylation is 1. The van der Waals surface area contributed by atoms with Gasteiger partial charge in [-0.3, -0.25) is 9.36 Å². The summed E-state index contributed by atoms with van der Waals surface area (Å²) in [7, 11) is 1.91. The van der Waals surface area contributed by atoms with Gasteiger partial charge in [-0.25, -0.2) is 14.8 Å². The lowest BCUT2D eigenvalue weighted by Crippen LogP contribution is -2.41. The molecule has 1 aliphatic rings. The normalized spacial score (nSPS) is 17.9. The first-order chi connectivity index (χ1) is 17.7. The average molecular weight is 500 g/mol. The predicted octanol–water partition coefficient (Wildman–Crippen LogP) is 5.42. The van der Waals surface area contributed by atoms with Crippen LogP contribution in [0.2, 0.25) is 0 Å². The van der Waals surface area contributed by atoms with E-state index in [2.05, 4.69) is 37.6 Å². The second kappa shape index (κ2) is 10.2. The second-order valence-corrected chi connectivity index (χ2v) is 10.7. The average Bonchev–Trinajstić information content (AvgIpc) is 3.53. The van der Waals surface area contributed by atoms with Gasteiger partial charge in [-0.2, -0.15) is 10.2 Å². The number of carbonyl (C=O) groups excluding carboxylic acids is 1. The molecule has 3 heterocycles. The first-order valence-electron chi connectivity index (χ1n) is 12.7. The maximum atomic E-state index is 12.2. The highest BCUT2D eigenvalue weighted by Gasteiger charge is 2.27. The Balaban J connectivity index is 1.25. The number of aromatic nitrogens is 6. The monoisotopic (exact) mass is 499 g/mol. The van der Waals surface area contributed by atoms with E-state index in [-0.39, 0.29) is 18.2 Å². The third-order valence-electron chi connectivity index (χ3n) is 6.49. The van der Waals surface area contributed by atoms with E-state index in [1.807, 2.05) is 81.8 Å². The van der Waals surface area contributed by atoms with Gasteiger partial charge in [-0.15, -0.1) is 0 Å². The smallest absolute Gasteiger partial charge is 0.407 e. The molecule has 0 saturated heterocycles. The minimum Gasteiger partial charge on any atom is -0.444 e. The fourth-order valence-corrected chi connectivity index (χ4v) is 4.73. The molecule has 9 heteroatoms. The van der Waals surface area contributed by atoms with Crippen molar-refractivity contribution in [3.05, 3.63) is 61.4 Å². The van der Waals surface area contributed by atoms with E-state index in [9.17, 15) is 4.79 Å². The first-order valence-corrected chi connectivity index (χ1v) is 12.7. The molecule has 1 amide bonds. The van der Waals surface area contributed by atoms with Crippen molar-refractivity contribution >= 4 is 6.09 Å². The molecule has 0 spiro atoms. The first kappa shape index (κ1) is 24.7. The molecule has 0 radical (unpaired) electrons. The SMILES string of the molecule is Cn1cc(-c2cccc(-c3ncc(-c4cnn(C5CCCC(NC(=O)OC(C)(C)C)C5)c4)cn3)c2)cn1. The van der Waals surface area contributed by atoms with Crippen LogP contribution in [0.1, 0.15) is 52.5 Å². The summed E-state index contributed by atoms with van der Waals surface area (Å²) in [4.78, 5) is 21.5. The minimum atomic E-state index is -0.505. The van der Waals surface area contributed by atoms with E-state index in [1.54, 1.807) is 4.68 Å². The summed E-state index contributed by atoms with van der Waals surface area (Å²) in [6.07, 6.45) is 14.9. The summed E-state index contributed by atoms with van der Waals surface area (Å²) in [5, 5.41) is 11.9. The topological polar surface area (TPSA) is 99.8 Å². The van der Waals surface area contributed by atoms with Crippen LogP contribution in [0.3, 0.4) is 0 Å². The highest BCUT2D eigenvalue weighted by atomic mass is 16.6. The third kappa shape index (κ3) is 6.04. The van der Waals surface area contributed by atoms with Crippen molar-refractivity contribution < 1.29 is 9.53 Å². The summed E-state index contributed by atoms with van der Waals surface area (Å²) >= 11 is 0. The molecule has 1 saturated carbocycles. The fourth-order valence-electron chi connectivity index (χ4n) is 4.73. The van der Waals surface area contributed by atoms with Gasteiger partial charge in [-0.05, 0) is 58.1 Å². The van der Waals surface area contributed by atoms with Crippen molar-refractivity contribution in [2.45, 2.75) is 64.1 Å². The van der Waals surface area contributed by atoms with Gasteiger partial charge >= 0.3 is 6.09 Å². The Morgan fingerprint density at radius 3 is 2.41 bits per heavy atom. The van der Waals surface area contributed by atoms with Crippen LogP contribution < -0.4 is 5.32 Å². The largest absolute Gasteiger partial charge is 0.444 e. The van der Waals surface area contributed by atoms with E-state index in [0.717, 1.165) is 53.5 Å². The molecular weight excluding hydrogens is 466 g/mol. The van der Waals surface area contributed by atoms with Gasteiger partial charge in [0, 0.05) is 60.1 Å². The number of alkyl carbamates (subject to hydrolysis) is 1.